The Morgan fingerprint density at radius 3 is 1.90 bits per heavy atom. The van der Waals surface area contributed by atoms with Crippen molar-refractivity contribution in [3.8, 4) is 0 Å². The first-order valence-corrected chi connectivity index (χ1v) is 18.7. The van der Waals surface area contributed by atoms with Crippen LogP contribution in [0.3, 0.4) is 0 Å². The second-order valence-corrected chi connectivity index (χ2v) is 19.5. The van der Waals surface area contributed by atoms with E-state index in [1.54, 1.807) is 20.8 Å². The molecule has 8 heteroatoms. The standard InChI is InChI=1S/C40H53NO6Si/c1-10-28(2)35-40(9,27-45-48(39(6,7)8,30-22-16-12-17-23-30)31-24-18-13-19-25-31)33(36(43)46-35)34(42)32(29-20-14-11-15-21-29)26-41-37(44)47-38(3,4)5/h10-25,32-35,42H,26-27H2,1-9H3,(H,41,44)/b28-10+/t32?,33?,34?,35-,40-/m0/s1. The van der Waals surface area contributed by atoms with Crippen LogP contribution in [0.5, 0.6) is 0 Å². The molecule has 0 saturated carbocycles. The summed E-state index contributed by atoms with van der Waals surface area (Å²) < 4.78 is 19.1. The van der Waals surface area contributed by atoms with E-state index < -0.39 is 55.4 Å². The summed E-state index contributed by atoms with van der Waals surface area (Å²) in [5.41, 5.74) is 0.0259. The van der Waals surface area contributed by atoms with Crippen LogP contribution in [0.4, 0.5) is 4.79 Å². The Bertz CT molecular complexity index is 1510. The topological polar surface area (TPSA) is 94.1 Å². The highest BCUT2D eigenvalue weighted by Crippen LogP contribution is 2.49. The Labute approximate surface area is 287 Å². The van der Waals surface area contributed by atoms with Crippen molar-refractivity contribution in [3.63, 3.8) is 0 Å². The Hall–Kier alpha value is -3.72. The fraction of sp³-hybridized carbons (Fsp3) is 0.450. The molecule has 1 saturated heterocycles. The molecule has 48 heavy (non-hydrogen) atoms. The fourth-order valence-electron chi connectivity index (χ4n) is 7.12. The lowest BCUT2D eigenvalue weighted by Gasteiger charge is -2.46. The number of hydrogen-bond donors (Lipinski definition) is 2. The zero-order chi connectivity index (χ0) is 35.3. The van der Waals surface area contributed by atoms with Gasteiger partial charge in [-0.25, -0.2) is 4.79 Å². The first kappa shape index (κ1) is 37.1. The van der Waals surface area contributed by atoms with Crippen LogP contribution >= 0.6 is 0 Å². The molecule has 0 aliphatic carbocycles. The number of carbonyl (C=O) groups is 2. The third-order valence-corrected chi connectivity index (χ3v) is 14.5. The second-order valence-electron chi connectivity index (χ2n) is 15.2. The van der Waals surface area contributed by atoms with E-state index in [1.165, 1.54) is 0 Å². The maximum Gasteiger partial charge on any atom is 0.407 e. The average molecular weight is 672 g/mol. The molecule has 3 unspecified atom stereocenters. The molecule has 1 amide bonds. The molecule has 0 radical (unpaired) electrons. The van der Waals surface area contributed by atoms with Crippen molar-refractivity contribution in [1.29, 1.82) is 0 Å². The minimum absolute atomic E-state index is 0.0583. The number of esters is 1. The summed E-state index contributed by atoms with van der Waals surface area (Å²) in [6.45, 7) is 18.1. The van der Waals surface area contributed by atoms with Crippen molar-refractivity contribution in [3.05, 3.63) is 108 Å². The molecular formula is C40H53NO6Si. The molecule has 1 aliphatic heterocycles. The van der Waals surface area contributed by atoms with Crippen LogP contribution in [-0.4, -0.2) is 56.4 Å². The molecule has 7 nitrogen and oxygen atoms in total. The summed E-state index contributed by atoms with van der Waals surface area (Å²) in [5, 5.41) is 17.1. The van der Waals surface area contributed by atoms with Crippen molar-refractivity contribution < 1.29 is 28.6 Å². The number of rotatable bonds is 11. The van der Waals surface area contributed by atoms with Crippen LogP contribution in [-0.2, 0) is 18.7 Å². The van der Waals surface area contributed by atoms with Crippen molar-refractivity contribution in [2.45, 2.75) is 91.1 Å². The molecule has 1 heterocycles. The lowest BCUT2D eigenvalue weighted by Crippen LogP contribution is -2.67. The number of cyclic esters (lactones) is 1. The van der Waals surface area contributed by atoms with Gasteiger partial charge < -0.3 is 24.3 Å². The first-order valence-electron chi connectivity index (χ1n) is 16.8. The molecule has 0 bridgehead atoms. The van der Waals surface area contributed by atoms with Gasteiger partial charge in [-0.15, -0.1) is 0 Å². The van der Waals surface area contributed by atoms with Crippen LogP contribution in [0, 0.1) is 11.3 Å². The van der Waals surface area contributed by atoms with E-state index in [9.17, 15) is 14.7 Å². The monoisotopic (exact) mass is 671 g/mol. The van der Waals surface area contributed by atoms with Gasteiger partial charge in [0.25, 0.3) is 8.32 Å². The summed E-state index contributed by atoms with van der Waals surface area (Å²) in [6.07, 6.45) is -0.475. The number of carbonyl (C=O) groups excluding carboxylic acids is 2. The van der Waals surface area contributed by atoms with E-state index in [4.69, 9.17) is 13.9 Å². The highest BCUT2D eigenvalue weighted by atomic mass is 28.4. The maximum absolute atomic E-state index is 14.0. The molecule has 3 aromatic carbocycles. The second kappa shape index (κ2) is 14.8. The number of allylic oxidation sites excluding steroid dienone is 1. The molecule has 0 spiro atoms. The van der Waals surface area contributed by atoms with Gasteiger partial charge in [0.15, 0.2) is 0 Å². The average Bonchev–Trinajstić information content (AvgIpc) is 3.30. The largest absolute Gasteiger partial charge is 0.457 e. The third kappa shape index (κ3) is 7.77. The number of hydrogen-bond acceptors (Lipinski definition) is 6. The number of aliphatic hydroxyl groups is 1. The van der Waals surface area contributed by atoms with E-state index >= 15 is 0 Å². The highest BCUT2D eigenvalue weighted by molar-refractivity contribution is 6.99. The third-order valence-electron chi connectivity index (χ3n) is 9.53. The van der Waals surface area contributed by atoms with Gasteiger partial charge in [-0.1, -0.05) is 125 Å². The van der Waals surface area contributed by atoms with Gasteiger partial charge in [0, 0.05) is 24.5 Å². The van der Waals surface area contributed by atoms with Crippen LogP contribution in [0.25, 0.3) is 0 Å². The van der Waals surface area contributed by atoms with Gasteiger partial charge in [0.1, 0.15) is 11.7 Å². The Kier molecular flexibility index (Phi) is 11.4. The normalized spacial score (nSPS) is 21.7. The summed E-state index contributed by atoms with van der Waals surface area (Å²) in [5.74, 6) is -2.07. The molecule has 1 fully saturated rings. The Balaban J connectivity index is 1.81. The summed E-state index contributed by atoms with van der Waals surface area (Å²) >= 11 is 0. The number of benzene rings is 3. The van der Waals surface area contributed by atoms with Gasteiger partial charge >= 0.3 is 12.1 Å². The summed E-state index contributed by atoms with van der Waals surface area (Å²) in [6, 6.07) is 30.2. The fourth-order valence-corrected chi connectivity index (χ4v) is 11.8. The van der Waals surface area contributed by atoms with Crippen molar-refractivity contribution in [2.24, 2.45) is 11.3 Å². The number of aliphatic hydroxyl groups excluding tert-OH is 1. The quantitative estimate of drug-likeness (QED) is 0.133. The van der Waals surface area contributed by atoms with Gasteiger partial charge in [0.05, 0.1) is 12.0 Å². The van der Waals surface area contributed by atoms with Crippen LogP contribution in [0.2, 0.25) is 5.04 Å². The van der Waals surface area contributed by atoms with Crippen molar-refractivity contribution in [1.82, 2.24) is 5.32 Å². The molecule has 2 N–H and O–H groups in total. The minimum Gasteiger partial charge on any atom is -0.457 e. The van der Waals surface area contributed by atoms with E-state index in [0.717, 1.165) is 21.5 Å². The predicted molar refractivity (Wildman–Crippen MR) is 194 cm³/mol. The Morgan fingerprint density at radius 2 is 1.44 bits per heavy atom. The molecule has 4 rings (SSSR count). The van der Waals surface area contributed by atoms with Gasteiger partial charge in [-0.3, -0.25) is 4.79 Å². The van der Waals surface area contributed by atoms with Crippen molar-refractivity contribution in [2.75, 3.05) is 13.2 Å². The molecule has 258 valence electrons. The summed E-state index contributed by atoms with van der Waals surface area (Å²) in [4.78, 5) is 26.8. The first-order chi connectivity index (χ1) is 22.5. The van der Waals surface area contributed by atoms with Crippen LogP contribution < -0.4 is 15.7 Å². The van der Waals surface area contributed by atoms with Crippen LogP contribution in [0.15, 0.2) is 103 Å². The smallest absolute Gasteiger partial charge is 0.407 e. The molecule has 5 atom stereocenters. The molecule has 0 aromatic heterocycles. The van der Waals surface area contributed by atoms with Gasteiger partial charge in [-0.2, -0.15) is 0 Å². The number of amides is 1. The SMILES string of the molecule is C/C=C(\C)[C@@H]1OC(=O)C(C(O)C(CNC(=O)OC(C)(C)C)c2ccccc2)[C@]1(C)CO[Si](c1ccccc1)(c1ccccc1)C(C)(C)C. The van der Waals surface area contributed by atoms with Gasteiger partial charge in [0.2, 0.25) is 0 Å². The molecule has 3 aromatic rings. The van der Waals surface area contributed by atoms with E-state index in [-0.39, 0.29) is 18.2 Å². The summed E-state index contributed by atoms with van der Waals surface area (Å²) in [7, 11) is -3.01. The maximum atomic E-state index is 14.0. The Morgan fingerprint density at radius 1 is 0.938 bits per heavy atom. The van der Waals surface area contributed by atoms with Crippen molar-refractivity contribution >= 4 is 30.8 Å². The zero-order valence-electron chi connectivity index (χ0n) is 29.9. The molecule has 1 aliphatic rings. The number of ether oxygens (including phenoxy) is 2. The zero-order valence-corrected chi connectivity index (χ0v) is 30.9. The number of nitrogens with one attached hydrogen (secondary N) is 1. The highest BCUT2D eigenvalue weighted by Gasteiger charge is 2.61. The number of alkyl carbamates (subject to hydrolysis) is 1. The van der Waals surface area contributed by atoms with Crippen LogP contribution in [0.1, 0.15) is 73.8 Å². The molecular weight excluding hydrogens is 619 g/mol. The van der Waals surface area contributed by atoms with Gasteiger partial charge in [-0.05, 0) is 61.2 Å². The van der Waals surface area contributed by atoms with E-state index in [2.05, 4.69) is 50.4 Å². The lowest BCUT2D eigenvalue weighted by atomic mass is 9.68. The minimum atomic E-state index is -3.01. The van der Waals surface area contributed by atoms with E-state index in [1.807, 2.05) is 93.6 Å². The predicted octanol–water partition coefficient (Wildman–Crippen LogP) is 6.75. The lowest BCUT2D eigenvalue weighted by molar-refractivity contribution is -0.146. The van der Waals surface area contributed by atoms with E-state index in [0.29, 0.717) is 0 Å².